The van der Waals surface area contributed by atoms with Crippen LogP contribution in [0.1, 0.15) is 10.5 Å². The summed E-state index contributed by atoms with van der Waals surface area (Å²) in [4.78, 5) is 23.6. The van der Waals surface area contributed by atoms with E-state index in [1.165, 1.54) is 17.7 Å². The van der Waals surface area contributed by atoms with Crippen LogP contribution in [-0.2, 0) is 0 Å². The maximum atomic E-state index is 11.8. The number of fused-ring (bicyclic) bond motifs is 1. The molecule has 0 spiro atoms. The molecule has 0 saturated carbocycles. The fourth-order valence-electron chi connectivity index (χ4n) is 1.60. The standard InChI is InChI=1S/C12H9N3O2S/c16-10(9-2-1-4-13-9)6-17-11-8-3-5-18-12(8)15-7-14-11/h1-5,7,13H,6H2. The Bertz CT molecular complexity index is 676. The highest BCUT2D eigenvalue weighted by molar-refractivity contribution is 7.16. The van der Waals surface area contributed by atoms with Crippen LogP contribution in [0.15, 0.2) is 36.1 Å². The molecule has 0 radical (unpaired) electrons. The van der Waals surface area contributed by atoms with Gasteiger partial charge in [-0.2, -0.15) is 0 Å². The van der Waals surface area contributed by atoms with Crippen molar-refractivity contribution >= 4 is 27.3 Å². The topological polar surface area (TPSA) is 67.9 Å². The van der Waals surface area contributed by atoms with Gasteiger partial charge < -0.3 is 9.72 Å². The van der Waals surface area contributed by atoms with Crippen LogP contribution in [0.25, 0.3) is 10.2 Å². The lowest BCUT2D eigenvalue weighted by molar-refractivity contribution is 0.0915. The van der Waals surface area contributed by atoms with E-state index in [9.17, 15) is 4.79 Å². The minimum atomic E-state index is -0.109. The van der Waals surface area contributed by atoms with Crippen LogP contribution in [0.2, 0.25) is 0 Å². The smallest absolute Gasteiger partial charge is 0.225 e. The number of ether oxygens (including phenoxy) is 1. The summed E-state index contributed by atoms with van der Waals surface area (Å²) in [6, 6.07) is 5.37. The van der Waals surface area contributed by atoms with Crippen molar-refractivity contribution in [3.63, 3.8) is 0 Å². The number of thiophene rings is 1. The average Bonchev–Trinajstić information content (AvgIpc) is 3.05. The highest BCUT2D eigenvalue weighted by Crippen LogP contribution is 2.25. The molecule has 0 amide bonds. The molecular weight excluding hydrogens is 250 g/mol. The number of ketones is 1. The predicted octanol–water partition coefficient (Wildman–Crippen LogP) is 2.28. The van der Waals surface area contributed by atoms with Gasteiger partial charge in [-0.25, -0.2) is 9.97 Å². The van der Waals surface area contributed by atoms with Gasteiger partial charge in [-0.05, 0) is 23.6 Å². The van der Waals surface area contributed by atoms with Gasteiger partial charge in [-0.1, -0.05) is 0 Å². The number of nitrogens with zero attached hydrogens (tertiary/aromatic N) is 2. The van der Waals surface area contributed by atoms with Crippen molar-refractivity contribution in [2.24, 2.45) is 0 Å². The molecule has 0 atom stereocenters. The van der Waals surface area contributed by atoms with Gasteiger partial charge in [0.2, 0.25) is 11.7 Å². The van der Waals surface area contributed by atoms with E-state index >= 15 is 0 Å². The van der Waals surface area contributed by atoms with Crippen molar-refractivity contribution in [1.82, 2.24) is 15.0 Å². The first-order chi connectivity index (χ1) is 8.84. The molecule has 3 rings (SSSR count). The van der Waals surface area contributed by atoms with Gasteiger partial charge in [0.25, 0.3) is 0 Å². The van der Waals surface area contributed by atoms with Gasteiger partial charge in [0.1, 0.15) is 11.2 Å². The maximum Gasteiger partial charge on any atom is 0.225 e. The van der Waals surface area contributed by atoms with E-state index in [0.29, 0.717) is 11.6 Å². The first-order valence-corrected chi connectivity index (χ1v) is 6.20. The van der Waals surface area contributed by atoms with Crippen molar-refractivity contribution < 1.29 is 9.53 Å². The van der Waals surface area contributed by atoms with Gasteiger partial charge in [-0.15, -0.1) is 11.3 Å². The molecule has 0 aliphatic heterocycles. The molecule has 1 N–H and O–H groups in total. The summed E-state index contributed by atoms with van der Waals surface area (Å²) < 4.78 is 5.45. The molecule has 5 nitrogen and oxygen atoms in total. The molecule has 0 aliphatic carbocycles. The van der Waals surface area contributed by atoms with Crippen molar-refractivity contribution in [2.75, 3.05) is 6.61 Å². The lowest BCUT2D eigenvalue weighted by Gasteiger charge is -2.04. The molecule has 0 saturated heterocycles. The highest BCUT2D eigenvalue weighted by atomic mass is 32.1. The minimum absolute atomic E-state index is 0.0392. The van der Waals surface area contributed by atoms with Gasteiger partial charge in [0.15, 0.2) is 6.61 Å². The molecule has 3 heterocycles. The Balaban J connectivity index is 1.77. The molecule has 90 valence electrons. The first kappa shape index (κ1) is 10.9. The van der Waals surface area contributed by atoms with Crippen molar-refractivity contribution in [1.29, 1.82) is 0 Å². The van der Waals surface area contributed by atoms with Crippen LogP contribution < -0.4 is 4.74 Å². The summed E-state index contributed by atoms with van der Waals surface area (Å²) >= 11 is 1.51. The highest BCUT2D eigenvalue weighted by Gasteiger charge is 2.10. The number of H-pyrrole nitrogens is 1. The number of rotatable bonds is 4. The maximum absolute atomic E-state index is 11.8. The van der Waals surface area contributed by atoms with Crippen molar-refractivity contribution in [3.8, 4) is 5.88 Å². The molecule has 3 aromatic heterocycles. The number of nitrogens with one attached hydrogen (secondary N) is 1. The second-order valence-electron chi connectivity index (χ2n) is 3.61. The fraction of sp³-hybridized carbons (Fsp3) is 0.0833. The largest absolute Gasteiger partial charge is 0.469 e. The zero-order valence-corrected chi connectivity index (χ0v) is 10.1. The van der Waals surface area contributed by atoms with Gasteiger partial charge in [0, 0.05) is 6.20 Å². The van der Waals surface area contributed by atoms with E-state index in [1.807, 2.05) is 11.4 Å². The predicted molar refractivity (Wildman–Crippen MR) is 68.0 cm³/mol. The van der Waals surface area contributed by atoms with E-state index in [4.69, 9.17) is 4.74 Å². The Labute approximate surface area is 106 Å². The monoisotopic (exact) mass is 259 g/mol. The molecule has 0 aromatic carbocycles. The van der Waals surface area contributed by atoms with Crippen LogP contribution in [0, 0.1) is 0 Å². The van der Waals surface area contributed by atoms with Gasteiger partial charge >= 0.3 is 0 Å². The Kier molecular flexibility index (Phi) is 2.77. The van der Waals surface area contributed by atoms with Gasteiger partial charge in [0.05, 0.1) is 11.1 Å². The number of hydrogen-bond acceptors (Lipinski definition) is 5. The number of hydrogen-bond donors (Lipinski definition) is 1. The third-order valence-electron chi connectivity index (χ3n) is 2.46. The molecule has 0 aliphatic rings. The Hall–Kier alpha value is -2.21. The zero-order valence-electron chi connectivity index (χ0n) is 9.29. The molecule has 0 fully saturated rings. The Morgan fingerprint density at radius 1 is 1.39 bits per heavy atom. The quantitative estimate of drug-likeness (QED) is 0.730. The third kappa shape index (κ3) is 1.98. The molecule has 6 heteroatoms. The fourth-order valence-corrected chi connectivity index (χ4v) is 2.32. The number of Topliss-reactive ketones (excluding diaryl/α,β-unsaturated/α-hetero) is 1. The zero-order chi connectivity index (χ0) is 12.4. The van der Waals surface area contributed by atoms with Crippen LogP contribution in [0.3, 0.4) is 0 Å². The summed E-state index contributed by atoms with van der Waals surface area (Å²) in [5.74, 6) is 0.336. The van der Waals surface area contributed by atoms with E-state index in [-0.39, 0.29) is 12.4 Å². The third-order valence-corrected chi connectivity index (χ3v) is 3.28. The van der Waals surface area contributed by atoms with Crippen molar-refractivity contribution in [3.05, 3.63) is 41.8 Å². The second-order valence-corrected chi connectivity index (χ2v) is 4.51. The lowest BCUT2D eigenvalue weighted by Crippen LogP contribution is -2.12. The van der Waals surface area contributed by atoms with Crippen LogP contribution in [0.4, 0.5) is 0 Å². The van der Waals surface area contributed by atoms with Gasteiger partial charge in [-0.3, -0.25) is 4.79 Å². The molecule has 18 heavy (non-hydrogen) atoms. The van der Waals surface area contributed by atoms with E-state index in [0.717, 1.165) is 10.2 Å². The van der Waals surface area contributed by atoms with Crippen LogP contribution in [0.5, 0.6) is 5.88 Å². The molecule has 3 aromatic rings. The van der Waals surface area contributed by atoms with E-state index in [1.54, 1.807) is 18.3 Å². The average molecular weight is 259 g/mol. The minimum Gasteiger partial charge on any atom is -0.469 e. The SMILES string of the molecule is O=C(COc1ncnc2sccc12)c1ccc[nH]1. The van der Waals surface area contributed by atoms with Crippen molar-refractivity contribution in [2.45, 2.75) is 0 Å². The molecular formula is C12H9N3O2S. The summed E-state index contributed by atoms with van der Waals surface area (Å²) in [6.07, 6.45) is 3.14. The first-order valence-electron chi connectivity index (χ1n) is 5.32. The molecule has 0 bridgehead atoms. The van der Waals surface area contributed by atoms with E-state index < -0.39 is 0 Å². The Morgan fingerprint density at radius 2 is 2.33 bits per heavy atom. The summed E-state index contributed by atoms with van der Waals surface area (Å²) in [6.45, 7) is -0.0392. The number of carbonyl (C=O) groups is 1. The summed E-state index contributed by atoms with van der Waals surface area (Å²) in [7, 11) is 0. The lowest BCUT2D eigenvalue weighted by atomic mass is 10.3. The van der Waals surface area contributed by atoms with Crippen LogP contribution >= 0.6 is 11.3 Å². The molecule has 0 unspecified atom stereocenters. The summed E-state index contributed by atoms with van der Waals surface area (Å²) in [5.41, 5.74) is 0.533. The second kappa shape index (κ2) is 4.58. The van der Waals surface area contributed by atoms with E-state index in [2.05, 4.69) is 15.0 Å². The Morgan fingerprint density at radius 3 is 3.17 bits per heavy atom. The number of carbonyl (C=O) groups excluding carboxylic acids is 1. The normalized spacial score (nSPS) is 10.7. The summed E-state index contributed by atoms with van der Waals surface area (Å²) in [5, 5.41) is 2.75. The number of aromatic nitrogens is 3. The number of aromatic amines is 1. The van der Waals surface area contributed by atoms with Crippen LogP contribution in [-0.4, -0.2) is 27.3 Å².